The number of halogens is 1. The van der Waals surface area contributed by atoms with E-state index in [1.807, 2.05) is 29.8 Å². The van der Waals surface area contributed by atoms with Crippen LogP contribution in [-0.4, -0.2) is 45.7 Å². The molecule has 3 rings (SSSR count). The van der Waals surface area contributed by atoms with Gasteiger partial charge in [0.1, 0.15) is 11.9 Å². The number of primary amides is 1. The van der Waals surface area contributed by atoms with Crippen molar-refractivity contribution in [2.75, 3.05) is 13.1 Å². The molecule has 2 amide bonds. The molecule has 0 radical (unpaired) electrons. The van der Waals surface area contributed by atoms with Gasteiger partial charge in [0.15, 0.2) is 0 Å². The average Bonchev–Trinajstić information content (AvgIpc) is 3.05. The summed E-state index contributed by atoms with van der Waals surface area (Å²) >= 11 is 6.02. The van der Waals surface area contributed by atoms with Crippen LogP contribution in [0.2, 0.25) is 5.02 Å². The van der Waals surface area contributed by atoms with E-state index in [1.165, 1.54) is 0 Å². The van der Waals surface area contributed by atoms with E-state index in [0.29, 0.717) is 43.2 Å². The van der Waals surface area contributed by atoms with Crippen LogP contribution in [0.1, 0.15) is 25.0 Å². The van der Waals surface area contributed by atoms with Gasteiger partial charge in [-0.15, -0.1) is 0 Å². The summed E-state index contributed by atoms with van der Waals surface area (Å²) in [6, 6.07) is 9.07. The van der Waals surface area contributed by atoms with E-state index >= 15 is 0 Å². The molecule has 1 aliphatic heterocycles. The molecule has 0 saturated carbocycles. The molecule has 2 atom stereocenters. The lowest BCUT2D eigenvalue weighted by molar-refractivity contribution is -0.136. The monoisotopic (exact) mass is 404 g/mol. The molecule has 1 aromatic carbocycles. The topological polar surface area (TPSA) is 90.4 Å². The van der Waals surface area contributed by atoms with E-state index in [4.69, 9.17) is 22.1 Å². The number of carbonyl (C=O) groups is 2. The molecule has 150 valence electrons. The van der Waals surface area contributed by atoms with Crippen molar-refractivity contribution < 1.29 is 14.3 Å². The number of aryl methyl sites for hydroxylation is 2. The number of nitrogens with zero attached hydrogens (tertiary/aromatic N) is 3. The smallest absolute Gasteiger partial charge is 0.224 e. The van der Waals surface area contributed by atoms with Gasteiger partial charge in [-0.25, -0.2) is 0 Å². The predicted octanol–water partition coefficient (Wildman–Crippen LogP) is 2.41. The number of ether oxygens (including phenoxy) is 1. The van der Waals surface area contributed by atoms with Gasteiger partial charge in [0.25, 0.3) is 0 Å². The Morgan fingerprint density at radius 3 is 2.86 bits per heavy atom. The fraction of sp³-hybridized carbons (Fsp3) is 0.450. The highest BCUT2D eigenvalue weighted by molar-refractivity contribution is 6.30. The molecule has 1 fully saturated rings. The van der Waals surface area contributed by atoms with Gasteiger partial charge in [-0.05, 0) is 31.2 Å². The van der Waals surface area contributed by atoms with Crippen LogP contribution in [0.25, 0.3) is 0 Å². The standard InChI is InChI=1S/C20H25ClN4O3/c1-14-5-8-23-25(14)10-7-20(27)24-9-6-18(15(13-24)11-19(22)26)28-17-4-2-3-16(21)12-17/h2-5,8,12,15,18H,6-7,9-11,13H2,1H3,(H2,22,26)/t15-,18-/m0/s1. The second-order valence-corrected chi connectivity index (χ2v) is 7.55. The largest absolute Gasteiger partial charge is 0.490 e. The lowest BCUT2D eigenvalue weighted by atomic mass is 9.91. The molecular formula is C20H25ClN4O3. The van der Waals surface area contributed by atoms with Gasteiger partial charge in [-0.3, -0.25) is 14.3 Å². The average molecular weight is 405 g/mol. The highest BCUT2D eigenvalue weighted by Gasteiger charge is 2.33. The van der Waals surface area contributed by atoms with Gasteiger partial charge in [0.2, 0.25) is 11.8 Å². The minimum Gasteiger partial charge on any atom is -0.490 e. The summed E-state index contributed by atoms with van der Waals surface area (Å²) in [4.78, 5) is 26.0. The number of hydrogen-bond donors (Lipinski definition) is 1. The first-order valence-electron chi connectivity index (χ1n) is 9.39. The lowest BCUT2D eigenvalue weighted by Crippen LogP contribution is -2.49. The second-order valence-electron chi connectivity index (χ2n) is 7.12. The highest BCUT2D eigenvalue weighted by Crippen LogP contribution is 2.27. The maximum atomic E-state index is 12.7. The summed E-state index contributed by atoms with van der Waals surface area (Å²) in [7, 11) is 0. The lowest BCUT2D eigenvalue weighted by Gasteiger charge is -2.38. The Kier molecular flexibility index (Phi) is 6.57. The number of amides is 2. The van der Waals surface area contributed by atoms with E-state index in [9.17, 15) is 9.59 Å². The molecule has 0 spiro atoms. The maximum Gasteiger partial charge on any atom is 0.224 e. The maximum absolute atomic E-state index is 12.7. The Morgan fingerprint density at radius 1 is 1.36 bits per heavy atom. The Morgan fingerprint density at radius 2 is 2.18 bits per heavy atom. The Bertz CT molecular complexity index is 838. The van der Waals surface area contributed by atoms with Gasteiger partial charge < -0.3 is 15.4 Å². The van der Waals surface area contributed by atoms with Crippen molar-refractivity contribution in [1.29, 1.82) is 0 Å². The molecule has 7 nitrogen and oxygen atoms in total. The summed E-state index contributed by atoms with van der Waals surface area (Å²) in [6.45, 7) is 3.53. The van der Waals surface area contributed by atoms with Crippen LogP contribution < -0.4 is 10.5 Å². The molecule has 0 aliphatic carbocycles. The first-order valence-corrected chi connectivity index (χ1v) is 9.77. The molecule has 28 heavy (non-hydrogen) atoms. The Hall–Kier alpha value is -2.54. The number of rotatable bonds is 7. The number of benzene rings is 1. The van der Waals surface area contributed by atoms with Gasteiger partial charge in [0, 0.05) is 61.7 Å². The van der Waals surface area contributed by atoms with Gasteiger partial charge in [-0.2, -0.15) is 5.10 Å². The summed E-state index contributed by atoms with van der Waals surface area (Å²) in [5.41, 5.74) is 6.45. The number of piperidine rings is 1. The molecule has 0 bridgehead atoms. The predicted molar refractivity (Wildman–Crippen MR) is 106 cm³/mol. The SMILES string of the molecule is Cc1ccnn1CCC(=O)N1CC[C@H](Oc2cccc(Cl)c2)[C@@H](CC(N)=O)C1. The highest BCUT2D eigenvalue weighted by atomic mass is 35.5. The van der Waals surface area contributed by atoms with E-state index < -0.39 is 5.91 Å². The number of aromatic nitrogens is 2. The van der Waals surface area contributed by atoms with E-state index in [2.05, 4.69) is 5.10 Å². The van der Waals surface area contributed by atoms with Crippen LogP contribution in [0.3, 0.4) is 0 Å². The molecule has 1 saturated heterocycles. The Labute approximate surface area is 169 Å². The van der Waals surface area contributed by atoms with Gasteiger partial charge >= 0.3 is 0 Å². The molecule has 2 heterocycles. The first kappa shape index (κ1) is 20.2. The van der Waals surface area contributed by atoms with Crippen molar-refractivity contribution in [2.45, 2.75) is 38.8 Å². The third-order valence-corrected chi connectivity index (χ3v) is 5.27. The quantitative estimate of drug-likeness (QED) is 0.767. The van der Waals surface area contributed by atoms with Crippen LogP contribution in [0.4, 0.5) is 0 Å². The minimum atomic E-state index is -0.397. The number of carbonyl (C=O) groups excluding carboxylic acids is 2. The molecule has 0 unspecified atom stereocenters. The fourth-order valence-electron chi connectivity index (χ4n) is 3.55. The van der Waals surface area contributed by atoms with Crippen molar-refractivity contribution in [3.8, 4) is 5.75 Å². The van der Waals surface area contributed by atoms with Crippen LogP contribution in [-0.2, 0) is 16.1 Å². The van der Waals surface area contributed by atoms with E-state index in [1.54, 1.807) is 23.2 Å². The molecule has 1 aromatic heterocycles. The van der Waals surface area contributed by atoms with Crippen LogP contribution in [0, 0.1) is 12.8 Å². The van der Waals surface area contributed by atoms with Gasteiger partial charge in [0.05, 0.1) is 0 Å². The fourth-order valence-corrected chi connectivity index (χ4v) is 3.73. The third-order valence-electron chi connectivity index (χ3n) is 5.03. The molecular weight excluding hydrogens is 380 g/mol. The van der Waals surface area contributed by atoms with Crippen molar-refractivity contribution in [2.24, 2.45) is 11.7 Å². The minimum absolute atomic E-state index is 0.0468. The van der Waals surface area contributed by atoms with E-state index in [0.717, 1.165) is 5.69 Å². The molecule has 2 N–H and O–H groups in total. The van der Waals surface area contributed by atoms with Crippen molar-refractivity contribution in [3.63, 3.8) is 0 Å². The number of hydrogen-bond acceptors (Lipinski definition) is 4. The van der Waals surface area contributed by atoms with Crippen molar-refractivity contribution in [1.82, 2.24) is 14.7 Å². The van der Waals surface area contributed by atoms with E-state index in [-0.39, 0.29) is 24.3 Å². The zero-order valence-corrected chi connectivity index (χ0v) is 16.6. The third kappa shape index (κ3) is 5.25. The zero-order valence-electron chi connectivity index (χ0n) is 15.9. The van der Waals surface area contributed by atoms with Crippen LogP contribution in [0.15, 0.2) is 36.5 Å². The molecule has 2 aromatic rings. The van der Waals surface area contributed by atoms with Crippen LogP contribution in [0.5, 0.6) is 5.75 Å². The summed E-state index contributed by atoms with van der Waals surface area (Å²) < 4.78 is 7.88. The zero-order chi connectivity index (χ0) is 20.1. The van der Waals surface area contributed by atoms with Crippen molar-refractivity contribution in [3.05, 3.63) is 47.2 Å². The second kappa shape index (κ2) is 9.10. The molecule has 8 heteroatoms. The Balaban J connectivity index is 1.61. The molecule has 1 aliphatic rings. The number of likely N-dealkylation sites (tertiary alicyclic amines) is 1. The number of nitrogens with two attached hydrogens (primary N) is 1. The summed E-state index contributed by atoms with van der Waals surface area (Å²) in [6.07, 6.45) is 2.71. The summed E-state index contributed by atoms with van der Waals surface area (Å²) in [5.74, 6) is 0.151. The summed E-state index contributed by atoms with van der Waals surface area (Å²) in [5, 5.41) is 4.80. The van der Waals surface area contributed by atoms with Gasteiger partial charge in [-0.1, -0.05) is 17.7 Å². The van der Waals surface area contributed by atoms with Crippen LogP contribution >= 0.6 is 11.6 Å². The normalized spacial score (nSPS) is 19.4. The van der Waals surface area contributed by atoms with Crippen molar-refractivity contribution >= 4 is 23.4 Å². The first-order chi connectivity index (χ1) is 13.4.